The van der Waals surface area contributed by atoms with Gasteiger partial charge >= 0.3 is 0 Å². The van der Waals surface area contributed by atoms with Crippen LogP contribution in [0.2, 0.25) is 0 Å². The molecule has 1 rings (SSSR count). The Kier molecular flexibility index (Phi) is 4.74. The summed E-state index contributed by atoms with van der Waals surface area (Å²) < 4.78 is 0. The largest absolute Gasteiger partial charge is 0.327 e. The molecule has 1 heterocycles. The van der Waals surface area contributed by atoms with Gasteiger partial charge in [-0.25, -0.2) is 0 Å². The van der Waals surface area contributed by atoms with Crippen molar-refractivity contribution in [1.29, 1.82) is 0 Å². The third kappa shape index (κ3) is 3.65. The quantitative estimate of drug-likeness (QED) is 0.706. The molecule has 0 aromatic heterocycles. The fourth-order valence-electron chi connectivity index (χ4n) is 2.18. The van der Waals surface area contributed by atoms with Crippen LogP contribution >= 0.6 is 0 Å². The molecule has 2 heteroatoms. The highest BCUT2D eigenvalue weighted by Gasteiger charge is 2.22. The zero-order chi connectivity index (χ0) is 9.68. The maximum atomic E-state index is 5.93. The van der Waals surface area contributed by atoms with Crippen LogP contribution in [0.4, 0.5) is 0 Å². The summed E-state index contributed by atoms with van der Waals surface area (Å²) in [5.74, 6) is 0.953. The van der Waals surface area contributed by atoms with Gasteiger partial charge in [0, 0.05) is 19.1 Å². The van der Waals surface area contributed by atoms with Gasteiger partial charge in [-0.05, 0) is 31.7 Å². The number of hydrogen-bond acceptors (Lipinski definition) is 2. The fourth-order valence-corrected chi connectivity index (χ4v) is 2.18. The summed E-state index contributed by atoms with van der Waals surface area (Å²) in [4.78, 5) is 2.54. The Hall–Kier alpha value is -0.0800. The lowest BCUT2D eigenvalue weighted by Crippen LogP contribution is -2.35. The Morgan fingerprint density at radius 1 is 1.46 bits per heavy atom. The lowest BCUT2D eigenvalue weighted by molar-refractivity contribution is 0.296. The average Bonchev–Trinajstić information content (AvgIpc) is 2.53. The maximum absolute atomic E-state index is 5.93. The monoisotopic (exact) mass is 184 g/mol. The van der Waals surface area contributed by atoms with Gasteiger partial charge in [-0.3, -0.25) is 0 Å². The summed E-state index contributed by atoms with van der Waals surface area (Å²) >= 11 is 0. The average molecular weight is 184 g/mol. The van der Waals surface area contributed by atoms with E-state index in [1.54, 1.807) is 0 Å². The van der Waals surface area contributed by atoms with Crippen molar-refractivity contribution in [3.8, 4) is 0 Å². The number of hydrogen-bond donors (Lipinski definition) is 1. The van der Waals surface area contributed by atoms with Gasteiger partial charge in [0.1, 0.15) is 0 Å². The molecule has 2 N–H and O–H groups in total. The van der Waals surface area contributed by atoms with Gasteiger partial charge in [-0.2, -0.15) is 0 Å². The second-order valence-corrected chi connectivity index (χ2v) is 4.37. The molecule has 0 aliphatic carbocycles. The van der Waals surface area contributed by atoms with E-state index in [-0.39, 0.29) is 0 Å². The van der Waals surface area contributed by atoms with Gasteiger partial charge in [-0.1, -0.05) is 20.3 Å². The van der Waals surface area contributed by atoms with Crippen molar-refractivity contribution >= 4 is 0 Å². The zero-order valence-corrected chi connectivity index (χ0v) is 9.13. The van der Waals surface area contributed by atoms with Gasteiger partial charge in [0.05, 0.1) is 0 Å². The molecule has 0 aromatic carbocycles. The van der Waals surface area contributed by atoms with Crippen LogP contribution in [0.1, 0.15) is 39.5 Å². The maximum Gasteiger partial charge on any atom is 0.0165 e. The Balaban J connectivity index is 2.17. The van der Waals surface area contributed by atoms with Gasteiger partial charge in [-0.15, -0.1) is 0 Å². The Morgan fingerprint density at radius 2 is 2.23 bits per heavy atom. The first kappa shape index (κ1) is 11.0. The molecule has 2 atom stereocenters. The summed E-state index contributed by atoms with van der Waals surface area (Å²) in [5.41, 5.74) is 5.93. The lowest BCUT2D eigenvalue weighted by Gasteiger charge is -2.19. The van der Waals surface area contributed by atoms with E-state index in [0.717, 1.165) is 18.9 Å². The van der Waals surface area contributed by atoms with Gasteiger partial charge in [0.15, 0.2) is 0 Å². The molecule has 78 valence electrons. The molecule has 1 aliphatic rings. The Morgan fingerprint density at radius 3 is 2.85 bits per heavy atom. The molecule has 1 fully saturated rings. The highest BCUT2D eigenvalue weighted by molar-refractivity contribution is 4.77. The van der Waals surface area contributed by atoms with Crippen molar-refractivity contribution in [3.63, 3.8) is 0 Å². The molecule has 0 amide bonds. The molecule has 13 heavy (non-hydrogen) atoms. The van der Waals surface area contributed by atoms with E-state index in [9.17, 15) is 0 Å². The van der Waals surface area contributed by atoms with Gasteiger partial charge in [0.25, 0.3) is 0 Å². The van der Waals surface area contributed by atoms with Crippen LogP contribution in [0.25, 0.3) is 0 Å². The summed E-state index contributed by atoms with van der Waals surface area (Å²) in [5, 5.41) is 0. The summed E-state index contributed by atoms with van der Waals surface area (Å²) in [6.07, 6.45) is 5.23. The predicted octanol–water partition coefficient (Wildman–Crippen LogP) is 1.85. The van der Waals surface area contributed by atoms with E-state index in [2.05, 4.69) is 18.7 Å². The highest BCUT2D eigenvalue weighted by atomic mass is 15.2. The van der Waals surface area contributed by atoms with Gasteiger partial charge < -0.3 is 10.6 Å². The van der Waals surface area contributed by atoms with Crippen LogP contribution in [0.15, 0.2) is 0 Å². The molecule has 1 aliphatic heterocycles. The Labute approximate surface area is 82.5 Å². The van der Waals surface area contributed by atoms with Crippen molar-refractivity contribution in [2.75, 3.05) is 19.6 Å². The standard InChI is InChI=1S/C11H24N2/c1-3-5-10-6-7-13(8-10)9-11(12)4-2/h10-11H,3-9,12H2,1-2H3. The van der Waals surface area contributed by atoms with Gasteiger partial charge in [0.2, 0.25) is 0 Å². The normalized spacial score (nSPS) is 26.5. The highest BCUT2D eigenvalue weighted by Crippen LogP contribution is 2.20. The Bertz CT molecular complexity index is 136. The van der Waals surface area contributed by atoms with Crippen molar-refractivity contribution in [1.82, 2.24) is 4.90 Å². The lowest BCUT2D eigenvalue weighted by atomic mass is 10.0. The van der Waals surface area contributed by atoms with E-state index >= 15 is 0 Å². The van der Waals surface area contributed by atoms with Crippen LogP contribution < -0.4 is 5.73 Å². The third-order valence-corrected chi connectivity index (χ3v) is 3.08. The van der Waals surface area contributed by atoms with E-state index in [1.165, 1.54) is 32.4 Å². The molecule has 0 saturated carbocycles. The minimum atomic E-state index is 0.389. The molecule has 1 saturated heterocycles. The fraction of sp³-hybridized carbons (Fsp3) is 1.00. The van der Waals surface area contributed by atoms with Crippen LogP contribution in [-0.2, 0) is 0 Å². The summed E-state index contributed by atoms with van der Waals surface area (Å²) in [6, 6.07) is 0.389. The van der Waals surface area contributed by atoms with E-state index in [0.29, 0.717) is 6.04 Å². The smallest absolute Gasteiger partial charge is 0.0165 e. The minimum absolute atomic E-state index is 0.389. The molecule has 0 spiro atoms. The number of nitrogens with zero attached hydrogens (tertiary/aromatic N) is 1. The van der Waals surface area contributed by atoms with Crippen molar-refractivity contribution < 1.29 is 0 Å². The second kappa shape index (κ2) is 5.61. The van der Waals surface area contributed by atoms with E-state index in [4.69, 9.17) is 5.73 Å². The first-order valence-electron chi connectivity index (χ1n) is 5.74. The summed E-state index contributed by atoms with van der Waals surface area (Å²) in [7, 11) is 0. The predicted molar refractivity (Wildman–Crippen MR) is 57.7 cm³/mol. The van der Waals surface area contributed by atoms with Crippen LogP contribution in [0.5, 0.6) is 0 Å². The van der Waals surface area contributed by atoms with Crippen molar-refractivity contribution in [3.05, 3.63) is 0 Å². The topological polar surface area (TPSA) is 29.3 Å². The number of rotatable bonds is 5. The number of likely N-dealkylation sites (tertiary alicyclic amines) is 1. The van der Waals surface area contributed by atoms with E-state index in [1.807, 2.05) is 0 Å². The molecule has 0 aromatic rings. The first-order valence-corrected chi connectivity index (χ1v) is 5.74. The van der Waals surface area contributed by atoms with E-state index < -0.39 is 0 Å². The molecule has 2 unspecified atom stereocenters. The molecule has 2 nitrogen and oxygen atoms in total. The zero-order valence-electron chi connectivity index (χ0n) is 9.13. The van der Waals surface area contributed by atoms with Crippen LogP contribution in [0.3, 0.4) is 0 Å². The molecule has 0 bridgehead atoms. The van der Waals surface area contributed by atoms with Crippen molar-refractivity contribution in [2.24, 2.45) is 11.7 Å². The minimum Gasteiger partial charge on any atom is -0.327 e. The van der Waals surface area contributed by atoms with Crippen LogP contribution in [-0.4, -0.2) is 30.6 Å². The second-order valence-electron chi connectivity index (χ2n) is 4.37. The molecular weight excluding hydrogens is 160 g/mol. The first-order chi connectivity index (χ1) is 6.26. The van der Waals surface area contributed by atoms with Crippen molar-refractivity contribution in [2.45, 2.75) is 45.6 Å². The molecular formula is C11H24N2. The van der Waals surface area contributed by atoms with Crippen LogP contribution in [0, 0.1) is 5.92 Å². The summed E-state index contributed by atoms with van der Waals surface area (Å²) in [6.45, 7) is 8.13. The SMILES string of the molecule is CCCC1CCN(CC(N)CC)C1. The third-order valence-electron chi connectivity index (χ3n) is 3.08. The molecule has 0 radical (unpaired) electrons. The number of nitrogens with two attached hydrogens (primary N) is 1.